The van der Waals surface area contributed by atoms with Crippen LogP contribution in [0.5, 0.6) is 0 Å². The minimum atomic E-state index is -1.07. The number of nitrogens with zero attached hydrogens (tertiary/aromatic N) is 5. The Balaban J connectivity index is 1.33. The van der Waals surface area contributed by atoms with Crippen LogP contribution in [-0.2, 0) is 4.74 Å². The summed E-state index contributed by atoms with van der Waals surface area (Å²) in [6, 6.07) is 0. The van der Waals surface area contributed by atoms with Gasteiger partial charge >= 0.3 is 0 Å². The molecule has 0 bridgehead atoms. The Morgan fingerprint density at radius 1 is 1.26 bits per heavy atom. The SMILES string of the molecule is Nc1ncnc2c1ncn2[C@@H]1O[C@H](CN2CCC3(CCCN3)C2)[C@@H](O)[C@H]1O. The molecule has 2 aromatic heterocycles. The van der Waals surface area contributed by atoms with Gasteiger partial charge < -0.3 is 26.0 Å². The summed E-state index contributed by atoms with van der Waals surface area (Å²) in [6.07, 6.45) is 3.13. The molecular formula is C17H25N7O3. The monoisotopic (exact) mass is 375 g/mol. The number of imidazole rings is 1. The van der Waals surface area contributed by atoms with Crippen LogP contribution in [0.1, 0.15) is 25.5 Å². The number of nitrogens with one attached hydrogen (secondary N) is 1. The number of rotatable bonds is 3. The highest BCUT2D eigenvalue weighted by molar-refractivity contribution is 5.81. The Kier molecular flexibility index (Phi) is 4.06. The number of aliphatic hydroxyl groups excluding tert-OH is 2. The van der Waals surface area contributed by atoms with Crippen LogP contribution in [0, 0.1) is 0 Å². The predicted octanol–water partition coefficient (Wildman–Crippen LogP) is -1.14. The summed E-state index contributed by atoms with van der Waals surface area (Å²) in [5, 5.41) is 24.8. The van der Waals surface area contributed by atoms with Crippen LogP contribution in [0.4, 0.5) is 5.82 Å². The van der Waals surface area contributed by atoms with Crippen molar-refractivity contribution < 1.29 is 14.9 Å². The molecule has 3 aliphatic rings. The molecule has 0 radical (unpaired) electrons. The molecule has 5 N–H and O–H groups in total. The van der Waals surface area contributed by atoms with E-state index in [1.165, 1.54) is 25.5 Å². The molecule has 5 atom stereocenters. The standard InChI is InChI=1S/C17H25N7O3/c18-14-11-15(20-8-19-14)24(9-21-11)16-13(26)12(25)10(27-16)6-23-5-3-17(7-23)2-1-4-22-17/h8-10,12-13,16,22,25-26H,1-7H2,(H2,18,19,20)/t10-,12-,13-,16-,17?/m1/s1. The summed E-state index contributed by atoms with van der Waals surface area (Å²) < 4.78 is 7.67. The molecule has 3 fully saturated rings. The lowest BCUT2D eigenvalue weighted by Crippen LogP contribution is -2.45. The van der Waals surface area contributed by atoms with E-state index in [0.717, 1.165) is 26.1 Å². The third-order valence-corrected chi connectivity index (χ3v) is 6.20. The number of likely N-dealkylation sites (tertiary alicyclic amines) is 1. The largest absolute Gasteiger partial charge is 0.387 e. The predicted molar refractivity (Wildman–Crippen MR) is 96.7 cm³/mol. The van der Waals surface area contributed by atoms with Gasteiger partial charge in [0.2, 0.25) is 0 Å². The number of nitrogens with two attached hydrogens (primary N) is 1. The highest BCUT2D eigenvalue weighted by atomic mass is 16.6. The molecule has 5 heterocycles. The smallest absolute Gasteiger partial charge is 0.167 e. The molecule has 10 heteroatoms. The topological polar surface area (TPSA) is 135 Å². The maximum Gasteiger partial charge on any atom is 0.167 e. The first-order valence-corrected chi connectivity index (χ1v) is 9.48. The van der Waals surface area contributed by atoms with Crippen LogP contribution in [-0.4, -0.2) is 84.7 Å². The van der Waals surface area contributed by atoms with Gasteiger partial charge in [-0.25, -0.2) is 15.0 Å². The average Bonchev–Trinajstić information content (AvgIpc) is 3.42. The number of aliphatic hydroxyl groups is 2. The summed E-state index contributed by atoms with van der Waals surface area (Å²) in [6.45, 7) is 3.59. The highest BCUT2D eigenvalue weighted by Crippen LogP contribution is 2.35. The van der Waals surface area contributed by atoms with Gasteiger partial charge in [-0.1, -0.05) is 0 Å². The second kappa shape index (κ2) is 6.35. The Hall–Kier alpha value is -1.85. The first-order valence-electron chi connectivity index (χ1n) is 9.48. The van der Waals surface area contributed by atoms with Gasteiger partial charge in [0.25, 0.3) is 0 Å². The first-order chi connectivity index (χ1) is 13.1. The lowest BCUT2D eigenvalue weighted by Gasteiger charge is -2.26. The molecule has 0 saturated carbocycles. The van der Waals surface area contributed by atoms with E-state index in [2.05, 4.69) is 25.2 Å². The van der Waals surface area contributed by atoms with Gasteiger partial charge in [-0.3, -0.25) is 9.47 Å². The van der Waals surface area contributed by atoms with Crippen molar-refractivity contribution in [1.82, 2.24) is 29.7 Å². The molecule has 1 unspecified atom stereocenters. The Bertz CT molecular complexity index is 837. The van der Waals surface area contributed by atoms with Crippen molar-refractivity contribution in [3.05, 3.63) is 12.7 Å². The van der Waals surface area contributed by atoms with Gasteiger partial charge in [-0.05, 0) is 25.8 Å². The molecule has 0 amide bonds. The van der Waals surface area contributed by atoms with E-state index in [9.17, 15) is 10.2 Å². The molecule has 3 aliphatic heterocycles. The number of nitrogen functional groups attached to an aromatic ring is 1. The number of fused-ring (bicyclic) bond motifs is 1. The van der Waals surface area contributed by atoms with Crippen molar-refractivity contribution in [1.29, 1.82) is 0 Å². The summed E-state index contributed by atoms with van der Waals surface area (Å²) in [7, 11) is 0. The van der Waals surface area contributed by atoms with Gasteiger partial charge in [0.1, 0.15) is 30.2 Å². The molecule has 27 heavy (non-hydrogen) atoms. The van der Waals surface area contributed by atoms with Crippen molar-refractivity contribution in [2.24, 2.45) is 0 Å². The van der Waals surface area contributed by atoms with Crippen LogP contribution >= 0.6 is 0 Å². The number of anilines is 1. The first kappa shape index (κ1) is 17.3. The van der Waals surface area contributed by atoms with E-state index in [1.807, 2.05) is 0 Å². The average molecular weight is 375 g/mol. The van der Waals surface area contributed by atoms with Crippen LogP contribution in [0.3, 0.4) is 0 Å². The van der Waals surface area contributed by atoms with Gasteiger partial charge in [0, 0.05) is 25.2 Å². The van der Waals surface area contributed by atoms with Crippen LogP contribution < -0.4 is 11.1 Å². The van der Waals surface area contributed by atoms with Crippen LogP contribution in [0.25, 0.3) is 11.2 Å². The maximum atomic E-state index is 10.6. The molecule has 5 rings (SSSR count). The third kappa shape index (κ3) is 2.79. The summed E-state index contributed by atoms with van der Waals surface area (Å²) in [5.74, 6) is 0.273. The molecule has 0 aliphatic carbocycles. The fourth-order valence-corrected chi connectivity index (χ4v) is 4.75. The zero-order chi connectivity index (χ0) is 18.6. The third-order valence-electron chi connectivity index (χ3n) is 6.20. The Morgan fingerprint density at radius 3 is 2.96 bits per heavy atom. The second-order valence-corrected chi connectivity index (χ2v) is 7.93. The quantitative estimate of drug-likeness (QED) is 0.525. The minimum Gasteiger partial charge on any atom is -0.387 e. The maximum absolute atomic E-state index is 10.6. The molecule has 2 aromatic rings. The van der Waals surface area contributed by atoms with Crippen molar-refractivity contribution >= 4 is 17.0 Å². The lowest BCUT2D eigenvalue weighted by molar-refractivity contribution is -0.0427. The zero-order valence-electron chi connectivity index (χ0n) is 15.0. The van der Waals surface area contributed by atoms with E-state index in [1.54, 1.807) is 4.57 Å². The zero-order valence-corrected chi connectivity index (χ0v) is 15.0. The second-order valence-electron chi connectivity index (χ2n) is 7.93. The van der Waals surface area contributed by atoms with E-state index in [4.69, 9.17) is 10.5 Å². The van der Waals surface area contributed by atoms with Crippen molar-refractivity contribution in [2.75, 3.05) is 31.9 Å². The fourth-order valence-electron chi connectivity index (χ4n) is 4.75. The molecular weight excluding hydrogens is 350 g/mol. The minimum absolute atomic E-state index is 0.219. The van der Waals surface area contributed by atoms with Crippen LogP contribution in [0.2, 0.25) is 0 Å². The highest BCUT2D eigenvalue weighted by Gasteiger charge is 2.47. The molecule has 10 nitrogen and oxygen atoms in total. The molecule has 3 saturated heterocycles. The number of ether oxygens (including phenoxy) is 1. The Labute approximate surface area is 156 Å². The van der Waals surface area contributed by atoms with Gasteiger partial charge in [-0.15, -0.1) is 0 Å². The molecule has 0 aromatic carbocycles. The lowest BCUT2D eigenvalue weighted by atomic mass is 9.97. The fraction of sp³-hybridized carbons (Fsp3) is 0.706. The number of hydrogen-bond donors (Lipinski definition) is 4. The summed E-state index contributed by atoms with van der Waals surface area (Å²) >= 11 is 0. The van der Waals surface area contributed by atoms with E-state index in [0.29, 0.717) is 17.7 Å². The summed E-state index contributed by atoms with van der Waals surface area (Å²) in [5.41, 5.74) is 6.99. The van der Waals surface area contributed by atoms with Gasteiger partial charge in [0.15, 0.2) is 17.7 Å². The van der Waals surface area contributed by atoms with Crippen molar-refractivity contribution in [3.8, 4) is 0 Å². The van der Waals surface area contributed by atoms with Gasteiger partial charge in [-0.2, -0.15) is 0 Å². The molecule has 146 valence electrons. The number of aromatic nitrogens is 4. The Morgan fingerprint density at radius 2 is 2.15 bits per heavy atom. The van der Waals surface area contributed by atoms with Crippen molar-refractivity contribution in [3.63, 3.8) is 0 Å². The van der Waals surface area contributed by atoms with Crippen LogP contribution in [0.15, 0.2) is 12.7 Å². The normalized spacial score (nSPS) is 37.1. The number of hydrogen-bond acceptors (Lipinski definition) is 9. The van der Waals surface area contributed by atoms with Gasteiger partial charge in [0.05, 0.1) is 6.33 Å². The van der Waals surface area contributed by atoms with E-state index >= 15 is 0 Å². The van der Waals surface area contributed by atoms with Crippen molar-refractivity contribution in [2.45, 2.75) is 49.3 Å². The van der Waals surface area contributed by atoms with E-state index < -0.39 is 24.5 Å². The van der Waals surface area contributed by atoms with E-state index in [-0.39, 0.29) is 11.4 Å². The summed E-state index contributed by atoms with van der Waals surface area (Å²) in [4.78, 5) is 14.7. The molecule has 1 spiro atoms.